The molecule has 2 aromatic rings. The van der Waals surface area contributed by atoms with Crippen LogP contribution < -0.4 is 4.74 Å². The van der Waals surface area contributed by atoms with Gasteiger partial charge < -0.3 is 14.6 Å². The maximum Gasteiger partial charge on any atom is 0.416 e. The second-order valence-electron chi connectivity index (χ2n) is 5.75. The number of benzene rings is 2. The largest absolute Gasteiger partial charge is 0.508 e. The molecule has 0 aliphatic heterocycles. The summed E-state index contributed by atoms with van der Waals surface area (Å²) in [6.45, 7) is 2.95. The highest BCUT2D eigenvalue weighted by molar-refractivity contribution is 5.79. The quantitative estimate of drug-likeness (QED) is 0.824. The molecule has 0 aliphatic carbocycles. The van der Waals surface area contributed by atoms with Crippen molar-refractivity contribution in [2.75, 3.05) is 13.7 Å². The summed E-state index contributed by atoms with van der Waals surface area (Å²) in [5.74, 6) is -0.761. The predicted molar refractivity (Wildman–Crippen MR) is 92.4 cm³/mol. The Labute approximate surface area is 150 Å². The molecule has 0 aromatic heterocycles. The molecule has 1 amide bonds. The number of amides is 1. The summed E-state index contributed by atoms with van der Waals surface area (Å²) in [5.41, 5.74) is 1.03. The zero-order chi connectivity index (χ0) is 19.3. The van der Waals surface area contributed by atoms with Gasteiger partial charge in [0.05, 0.1) is 13.2 Å². The molecule has 0 saturated carbocycles. The highest BCUT2D eigenvalue weighted by atomic mass is 19.1. The molecule has 1 atom stereocenters. The number of nitrogens with zero attached hydrogens (tertiary/aromatic N) is 1. The minimum absolute atomic E-state index is 0.0878. The van der Waals surface area contributed by atoms with E-state index in [0.717, 1.165) is 0 Å². The van der Waals surface area contributed by atoms with Crippen molar-refractivity contribution in [1.82, 2.24) is 4.90 Å². The minimum Gasteiger partial charge on any atom is -0.508 e. The van der Waals surface area contributed by atoms with Gasteiger partial charge in [-0.1, -0.05) is 12.1 Å². The zero-order valence-electron chi connectivity index (χ0n) is 14.7. The SMILES string of the molecule is COC(=O)CN(C(=O)Oc1ccc(F)c(C)c1)[C@@H](C)c1ccc(O)cc1. The summed E-state index contributed by atoms with van der Waals surface area (Å²) >= 11 is 0. The fourth-order valence-corrected chi connectivity index (χ4v) is 2.34. The number of rotatable bonds is 5. The van der Waals surface area contributed by atoms with Crippen LogP contribution in [0.1, 0.15) is 24.1 Å². The lowest BCUT2D eigenvalue weighted by molar-refractivity contribution is -0.141. The van der Waals surface area contributed by atoms with E-state index in [1.165, 1.54) is 42.3 Å². The normalized spacial score (nSPS) is 11.5. The first-order chi connectivity index (χ1) is 12.3. The van der Waals surface area contributed by atoms with E-state index in [9.17, 15) is 19.1 Å². The number of aromatic hydroxyl groups is 1. The van der Waals surface area contributed by atoms with Gasteiger partial charge in [-0.2, -0.15) is 0 Å². The van der Waals surface area contributed by atoms with Crippen LogP contribution in [-0.2, 0) is 9.53 Å². The van der Waals surface area contributed by atoms with Crippen molar-refractivity contribution in [1.29, 1.82) is 0 Å². The van der Waals surface area contributed by atoms with Crippen LogP contribution in [0.25, 0.3) is 0 Å². The lowest BCUT2D eigenvalue weighted by atomic mass is 10.1. The van der Waals surface area contributed by atoms with Gasteiger partial charge in [-0.15, -0.1) is 0 Å². The summed E-state index contributed by atoms with van der Waals surface area (Å²) < 4.78 is 23.3. The van der Waals surface area contributed by atoms with Crippen LogP contribution in [0.5, 0.6) is 11.5 Å². The number of esters is 1. The van der Waals surface area contributed by atoms with E-state index in [-0.39, 0.29) is 18.0 Å². The average molecular weight is 361 g/mol. The maximum absolute atomic E-state index is 13.4. The number of hydrogen-bond donors (Lipinski definition) is 1. The van der Waals surface area contributed by atoms with Crippen molar-refractivity contribution in [2.45, 2.75) is 19.9 Å². The van der Waals surface area contributed by atoms with E-state index in [0.29, 0.717) is 11.1 Å². The minimum atomic E-state index is -0.776. The summed E-state index contributed by atoms with van der Waals surface area (Å²) in [5, 5.41) is 9.40. The first-order valence-corrected chi connectivity index (χ1v) is 7.92. The first-order valence-electron chi connectivity index (χ1n) is 7.92. The lowest BCUT2D eigenvalue weighted by Crippen LogP contribution is -2.40. The topological polar surface area (TPSA) is 76.1 Å². The molecule has 6 nitrogen and oxygen atoms in total. The third-order valence-electron chi connectivity index (χ3n) is 3.94. The van der Waals surface area contributed by atoms with Crippen LogP contribution in [0.15, 0.2) is 42.5 Å². The van der Waals surface area contributed by atoms with Gasteiger partial charge in [-0.3, -0.25) is 9.69 Å². The molecule has 26 heavy (non-hydrogen) atoms. The molecule has 0 saturated heterocycles. The van der Waals surface area contributed by atoms with Crippen molar-refractivity contribution < 1.29 is 28.6 Å². The van der Waals surface area contributed by atoms with E-state index >= 15 is 0 Å². The van der Waals surface area contributed by atoms with Gasteiger partial charge in [0.25, 0.3) is 0 Å². The number of methoxy groups -OCH3 is 1. The Morgan fingerprint density at radius 2 is 1.85 bits per heavy atom. The molecule has 2 rings (SSSR count). The number of aryl methyl sites for hydroxylation is 1. The van der Waals surface area contributed by atoms with Crippen molar-refractivity contribution in [2.24, 2.45) is 0 Å². The van der Waals surface area contributed by atoms with Crippen LogP contribution in [0.4, 0.5) is 9.18 Å². The number of hydrogen-bond acceptors (Lipinski definition) is 5. The molecular formula is C19H20FNO5. The monoisotopic (exact) mass is 361 g/mol. The fraction of sp³-hybridized carbons (Fsp3) is 0.263. The molecule has 0 spiro atoms. The van der Waals surface area contributed by atoms with E-state index in [1.54, 1.807) is 26.0 Å². The molecule has 0 aliphatic rings. The van der Waals surface area contributed by atoms with Crippen LogP contribution >= 0.6 is 0 Å². The lowest BCUT2D eigenvalue weighted by Gasteiger charge is -2.27. The zero-order valence-corrected chi connectivity index (χ0v) is 14.7. The van der Waals surface area contributed by atoms with E-state index < -0.39 is 23.9 Å². The number of ether oxygens (including phenoxy) is 2. The molecular weight excluding hydrogens is 341 g/mol. The molecule has 138 valence electrons. The molecule has 0 radical (unpaired) electrons. The predicted octanol–water partition coefficient (Wildman–Crippen LogP) is 3.57. The molecule has 7 heteroatoms. The summed E-state index contributed by atoms with van der Waals surface area (Å²) in [7, 11) is 1.22. The van der Waals surface area contributed by atoms with Crippen molar-refractivity contribution in [3.05, 3.63) is 59.4 Å². The Morgan fingerprint density at radius 1 is 1.19 bits per heavy atom. The Morgan fingerprint density at radius 3 is 2.42 bits per heavy atom. The van der Waals surface area contributed by atoms with Crippen LogP contribution in [-0.4, -0.2) is 35.7 Å². The second kappa shape index (κ2) is 8.33. The molecule has 0 heterocycles. The van der Waals surface area contributed by atoms with Crippen LogP contribution in [0, 0.1) is 12.7 Å². The molecule has 0 unspecified atom stereocenters. The van der Waals surface area contributed by atoms with E-state index in [2.05, 4.69) is 4.74 Å². The van der Waals surface area contributed by atoms with Gasteiger partial charge in [0.2, 0.25) is 0 Å². The smallest absolute Gasteiger partial charge is 0.416 e. The Kier molecular flexibility index (Phi) is 6.16. The number of phenolic OH excluding ortho intramolecular Hbond substituents is 1. The molecule has 1 N–H and O–H groups in total. The third-order valence-corrected chi connectivity index (χ3v) is 3.94. The van der Waals surface area contributed by atoms with Crippen LogP contribution in [0.2, 0.25) is 0 Å². The standard InChI is InChI=1S/C19H20FNO5/c1-12-10-16(8-9-17(12)20)26-19(24)21(11-18(23)25-3)13(2)14-4-6-15(22)7-5-14/h4-10,13,22H,11H2,1-3H3/t13-/m0/s1. The Hall–Kier alpha value is -3.09. The first kappa shape index (κ1) is 19.2. The van der Waals surface area contributed by atoms with Crippen molar-refractivity contribution in [3.8, 4) is 11.5 Å². The van der Waals surface area contributed by atoms with Crippen LogP contribution in [0.3, 0.4) is 0 Å². The van der Waals surface area contributed by atoms with E-state index in [1.807, 2.05) is 0 Å². The van der Waals surface area contributed by atoms with Crippen molar-refractivity contribution >= 4 is 12.1 Å². The van der Waals surface area contributed by atoms with E-state index in [4.69, 9.17) is 4.74 Å². The van der Waals surface area contributed by atoms with Gasteiger partial charge in [0, 0.05) is 0 Å². The highest BCUT2D eigenvalue weighted by Gasteiger charge is 2.26. The number of carbonyl (C=O) groups is 2. The molecule has 2 aromatic carbocycles. The fourth-order valence-electron chi connectivity index (χ4n) is 2.34. The van der Waals surface area contributed by atoms with Gasteiger partial charge in [0.1, 0.15) is 23.9 Å². The number of halogens is 1. The summed E-state index contributed by atoms with van der Waals surface area (Å²) in [4.78, 5) is 25.5. The average Bonchev–Trinajstić information content (AvgIpc) is 2.62. The number of phenols is 1. The maximum atomic E-state index is 13.4. The molecule has 0 bridgehead atoms. The Balaban J connectivity index is 2.24. The Bertz CT molecular complexity index is 791. The molecule has 0 fully saturated rings. The van der Waals surface area contributed by atoms with Gasteiger partial charge >= 0.3 is 12.1 Å². The van der Waals surface area contributed by atoms with Crippen molar-refractivity contribution in [3.63, 3.8) is 0 Å². The van der Waals surface area contributed by atoms with Gasteiger partial charge in [0.15, 0.2) is 0 Å². The number of carbonyl (C=O) groups excluding carboxylic acids is 2. The summed E-state index contributed by atoms with van der Waals surface area (Å²) in [6, 6.07) is 9.65. The summed E-state index contributed by atoms with van der Waals surface area (Å²) in [6.07, 6.45) is -0.776. The second-order valence-corrected chi connectivity index (χ2v) is 5.75. The van der Waals surface area contributed by atoms with Gasteiger partial charge in [-0.05, 0) is 55.3 Å². The van der Waals surface area contributed by atoms with Gasteiger partial charge in [-0.25, -0.2) is 9.18 Å². The third kappa shape index (κ3) is 4.72. The highest BCUT2D eigenvalue weighted by Crippen LogP contribution is 2.24.